The molecule has 1 aliphatic carbocycles. The molecule has 108 valence electrons. The van der Waals surface area contributed by atoms with Gasteiger partial charge in [-0.2, -0.15) is 5.26 Å². The standard InChI is InChI=1S/C18H18N2.ClH/c1-20-17-11-12-18(13-19,14-7-3-2-4-8-14)16-10-6-5-9-15(16)17;/h2-10,17,20H,11-12H2,1H3;1H/t17?,18-;/m1./s1. The van der Waals surface area contributed by atoms with Crippen LogP contribution in [0.5, 0.6) is 0 Å². The third-order valence-electron chi connectivity index (χ3n) is 4.51. The van der Waals surface area contributed by atoms with Crippen molar-refractivity contribution in [1.29, 1.82) is 5.26 Å². The number of nitrogens with zero attached hydrogens (tertiary/aromatic N) is 1. The Labute approximate surface area is 132 Å². The van der Waals surface area contributed by atoms with Crippen LogP contribution >= 0.6 is 0 Å². The number of nitrogens with two attached hydrogens (primary N) is 1. The molecule has 0 aromatic heterocycles. The van der Waals surface area contributed by atoms with E-state index in [9.17, 15) is 5.26 Å². The van der Waals surface area contributed by atoms with E-state index in [-0.39, 0.29) is 12.4 Å². The lowest BCUT2D eigenvalue weighted by atomic mass is 9.65. The van der Waals surface area contributed by atoms with Gasteiger partial charge in [0.15, 0.2) is 0 Å². The molecule has 1 aliphatic rings. The van der Waals surface area contributed by atoms with Gasteiger partial charge in [-0.15, -0.1) is 0 Å². The molecule has 3 heteroatoms. The molecule has 0 radical (unpaired) electrons. The van der Waals surface area contributed by atoms with Crippen LogP contribution in [0, 0.1) is 11.3 Å². The Kier molecular flexibility index (Phi) is 4.67. The number of hydrogen-bond donors (Lipinski definition) is 1. The van der Waals surface area contributed by atoms with Gasteiger partial charge < -0.3 is 17.7 Å². The van der Waals surface area contributed by atoms with Crippen LogP contribution in [0.4, 0.5) is 0 Å². The number of hydrogen-bond acceptors (Lipinski definition) is 1. The highest BCUT2D eigenvalue weighted by Crippen LogP contribution is 2.44. The Morgan fingerprint density at radius 3 is 2.43 bits per heavy atom. The summed E-state index contributed by atoms with van der Waals surface area (Å²) in [5.41, 5.74) is 3.12. The fourth-order valence-electron chi connectivity index (χ4n) is 3.42. The summed E-state index contributed by atoms with van der Waals surface area (Å²) in [5, 5.41) is 12.2. The maximum Gasteiger partial charge on any atom is 0.112 e. The zero-order valence-corrected chi connectivity index (χ0v) is 12.8. The highest BCUT2D eigenvalue weighted by molar-refractivity contribution is 5.51. The lowest BCUT2D eigenvalue weighted by Gasteiger charge is -2.36. The van der Waals surface area contributed by atoms with Gasteiger partial charge in [0.25, 0.3) is 0 Å². The van der Waals surface area contributed by atoms with Crippen molar-refractivity contribution in [1.82, 2.24) is 0 Å². The molecule has 0 spiro atoms. The first kappa shape index (κ1) is 15.6. The van der Waals surface area contributed by atoms with E-state index in [1.165, 1.54) is 11.1 Å². The normalized spacial score (nSPS) is 23.5. The molecule has 0 bridgehead atoms. The molecule has 0 fully saturated rings. The molecule has 2 atom stereocenters. The number of quaternary nitrogens is 1. The summed E-state index contributed by atoms with van der Waals surface area (Å²) in [7, 11) is 2.11. The quantitative estimate of drug-likeness (QED) is 0.800. The van der Waals surface area contributed by atoms with Crippen LogP contribution in [0.1, 0.15) is 35.6 Å². The molecule has 1 unspecified atom stereocenters. The van der Waals surface area contributed by atoms with Crippen molar-refractivity contribution in [2.45, 2.75) is 24.3 Å². The molecule has 2 nitrogen and oxygen atoms in total. The number of fused-ring (bicyclic) bond motifs is 1. The molecule has 2 aromatic carbocycles. The topological polar surface area (TPSA) is 40.4 Å². The van der Waals surface area contributed by atoms with Gasteiger partial charge in [-0.05, 0) is 17.5 Å². The molecule has 0 aliphatic heterocycles. The zero-order chi connectivity index (χ0) is 14.0. The van der Waals surface area contributed by atoms with Crippen molar-refractivity contribution >= 4 is 0 Å². The first-order valence-electron chi connectivity index (χ1n) is 7.17. The Balaban J connectivity index is 0.00000161. The SMILES string of the molecule is C[NH2+]C1CC[C@@](C#N)(c2ccccc2)c2ccccc21.[Cl-]. The van der Waals surface area contributed by atoms with Gasteiger partial charge in [0.2, 0.25) is 0 Å². The van der Waals surface area contributed by atoms with Gasteiger partial charge in [0, 0.05) is 12.0 Å². The Morgan fingerprint density at radius 1 is 1.10 bits per heavy atom. The smallest absolute Gasteiger partial charge is 0.112 e. The van der Waals surface area contributed by atoms with E-state index in [1.807, 2.05) is 24.3 Å². The van der Waals surface area contributed by atoms with E-state index in [2.05, 4.69) is 48.8 Å². The molecular formula is C18H19ClN2. The summed E-state index contributed by atoms with van der Waals surface area (Å²) in [6.45, 7) is 0. The van der Waals surface area contributed by atoms with Crippen LogP contribution in [-0.4, -0.2) is 7.05 Å². The molecule has 21 heavy (non-hydrogen) atoms. The number of nitriles is 1. The maximum absolute atomic E-state index is 9.94. The average Bonchev–Trinajstić information content (AvgIpc) is 2.54. The Bertz CT molecular complexity index is 648. The van der Waals surface area contributed by atoms with Crippen molar-refractivity contribution in [2.24, 2.45) is 0 Å². The van der Waals surface area contributed by atoms with Gasteiger partial charge in [-0.25, -0.2) is 0 Å². The second-order valence-corrected chi connectivity index (χ2v) is 5.45. The predicted molar refractivity (Wildman–Crippen MR) is 79.1 cm³/mol. The number of rotatable bonds is 2. The lowest BCUT2D eigenvalue weighted by Crippen LogP contribution is -3.00. The van der Waals surface area contributed by atoms with Crippen molar-refractivity contribution in [3.63, 3.8) is 0 Å². The highest BCUT2D eigenvalue weighted by atomic mass is 35.5. The van der Waals surface area contributed by atoms with Gasteiger partial charge in [-0.3, -0.25) is 0 Å². The molecule has 0 saturated carbocycles. The summed E-state index contributed by atoms with van der Waals surface area (Å²) >= 11 is 0. The van der Waals surface area contributed by atoms with E-state index >= 15 is 0 Å². The first-order chi connectivity index (χ1) is 9.81. The Morgan fingerprint density at radius 2 is 1.76 bits per heavy atom. The van der Waals surface area contributed by atoms with Crippen LogP contribution in [0.2, 0.25) is 0 Å². The number of benzene rings is 2. The molecule has 3 rings (SSSR count). The molecule has 0 heterocycles. The number of halogens is 1. The van der Waals surface area contributed by atoms with Crippen LogP contribution in [0.3, 0.4) is 0 Å². The van der Waals surface area contributed by atoms with Crippen molar-refractivity contribution in [3.8, 4) is 6.07 Å². The van der Waals surface area contributed by atoms with E-state index < -0.39 is 5.41 Å². The van der Waals surface area contributed by atoms with Crippen molar-refractivity contribution in [3.05, 3.63) is 71.3 Å². The van der Waals surface area contributed by atoms with Gasteiger partial charge in [-0.1, -0.05) is 54.6 Å². The minimum Gasteiger partial charge on any atom is -1.00 e. The second kappa shape index (κ2) is 6.30. The minimum atomic E-state index is -0.489. The van der Waals surface area contributed by atoms with Crippen LogP contribution in [-0.2, 0) is 5.41 Å². The monoisotopic (exact) mass is 298 g/mol. The highest BCUT2D eigenvalue weighted by Gasteiger charge is 2.42. The Hall–Kier alpha value is -1.82. The molecule has 0 saturated heterocycles. The van der Waals surface area contributed by atoms with E-state index in [0.717, 1.165) is 18.4 Å². The summed E-state index contributed by atoms with van der Waals surface area (Å²) in [5.74, 6) is 0. The largest absolute Gasteiger partial charge is 1.00 e. The van der Waals surface area contributed by atoms with Crippen LogP contribution in [0.15, 0.2) is 54.6 Å². The first-order valence-corrected chi connectivity index (χ1v) is 7.17. The summed E-state index contributed by atoms with van der Waals surface area (Å²) < 4.78 is 0. The molecule has 2 aromatic rings. The van der Waals surface area contributed by atoms with Gasteiger partial charge in [0.1, 0.15) is 11.5 Å². The van der Waals surface area contributed by atoms with Gasteiger partial charge in [0.05, 0.1) is 13.1 Å². The third-order valence-corrected chi connectivity index (χ3v) is 4.51. The molecule has 0 amide bonds. The van der Waals surface area contributed by atoms with Crippen LogP contribution < -0.4 is 17.7 Å². The van der Waals surface area contributed by atoms with E-state index in [1.54, 1.807) is 0 Å². The molecular weight excluding hydrogens is 280 g/mol. The second-order valence-electron chi connectivity index (χ2n) is 5.45. The van der Waals surface area contributed by atoms with E-state index in [0.29, 0.717) is 6.04 Å². The summed E-state index contributed by atoms with van der Waals surface area (Å²) in [4.78, 5) is 0. The third kappa shape index (κ3) is 2.44. The fraction of sp³-hybridized carbons (Fsp3) is 0.278. The van der Waals surface area contributed by atoms with Crippen molar-refractivity contribution in [2.75, 3.05) is 7.05 Å². The predicted octanol–water partition coefficient (Wildman–Crippen LogP) is -0.472. The summed E-state index contributed by atoms with van der Waals surface area (Å²) in [6, 6.07) is 21.7. The van der Waals surface area contributed by atoms with Crippen LogP contribution in [0.25, 0.3) is 0 Å². The average molecular weight is 299 g/mol. The van der Waals surface area contributed by atoms with Gasteiger partial charge >= 0.3 is 0 Å². The van der Waals surface area contributed by atoms with E-state index in [4.69, 9.17) is 0 Å². The zero-order valence-electron chi connectivity index (χ0n) is 12.1. The fourth-order valence-corrected chi connectivity index (χ4v) is 3.42. The maximum atomic E-state index is 9.94. The summed E-state index contributed by atoms with van der Waals surface area (Å²) in [6.07, 6.45) is 1.93. The molecule has 2 N–H and O–H groups in total. The van der Waals surface area contributed by atoms with Crippen molar-refractivity contribution < 1.29 is 17.7 Å². The minimum absolute atomic E-state index is 0. The lowest BCUT2D eigenvalue weighted by molar-refractivity contribution is -0.672.